The molecule has 1 aromatic heterocycles. The van der Waals surface area contributed by atoms with Crippen molar-refractivity contribution in [2.24, 2.45) is 0 Å². The third-order valence-electron chi connectivity index (χ3n) is 8.32. The Balaban J connectivity index is 1.37. The van der Waals surface area contributed by atoms with Gasteiger partial charge in [-0.2, -0.15) is 0 Å². The van der Waals surface area contributed by atoms with Crippen molar-refractivity contribution >= 4 is 67.4 Å². The van der Waals surface area contributed by atoms with Gasteiger partial charge in [-0.05, 0) is 65.4 Å². The molecule has 210 valence electrons. The molecule has 0 radical (unpaired) electrons. The van der Waals surface area contributed by atoms with Crippen molar-refractivity contribution in [1.29, 1.82) is 0 Å². The molecule has 0 N–H and O–H groups in total. The van der Waals surface area contributed by atoms with Crippen LogP contribution in [0.2, 0.25) is 0 Å². The van der Waals surface area contributed by atoms with Crippen molar-refractivity contribution < 1.29 is 4.57 Å². The Morgan fingerprint density at radius 1 is 0.455 bits per heavy atom. The van der Waals surface area contributed by atoms with E-state index in [2.05, 4.69) is 108 Å². The normalized spacial score (nSPS) is 11.8. The Kier molecular flexibility index (Phi) is 6.71. The number of aromatic nitrogens is 1. The summed E-state index contributed by atoms with van der Waals surface area (Å²) in [6.07, 6.45) is 0. The van der Waals surface area contributed by atoms with Crippen molar-refractivity contribution in [2.75, 3.05) is 0 Å². The van der Waals surface area contributed by atoms with Crippen LogP contribution in [0.3, 0.4) is 0 Å². The fourth-order valence-electron chi connectivity index (χ4n) is 6.24. The van der Waals surface area contributed by atoms with E-state index in [0.717, 1.165) is 43.4 Å². The molecule has 0 aliphatic carbocycles. The van der Waals surface area contributed by atoms with Crippen molar-refractivity contribution in [3.05, 3.63) is 170 Å². The monoisotopic (exact) mass is 601 g/mol. The Labute approximate surface area is 261 Å². The van der Waals surface area contributed by atoms with E-state index >= 15 is 4.57 Å². The number of nitrogens with zero attached hydrogens (tertiary/aromatic N) is 1. The SMILES string of the molecule is O=P(c1ccccc1)(c1ccccc1)c1ccc2c(c1)c1cc(Sc3cccc4ccccc34)ccc1n2-c1ccccc1. The molecule has 8 rings (SSSR count). The third-order valence-corrected chi connectivity index (χ3v) is 12.4. The van der Waals surface area contributed by atoms with E-state index < -0.39 is 7.14 Å². The van der Waals surface area contributed by atoms with Gasteiger partial charge in [0.15, 0.2) is 7.14 Å². The molecule has 1 heterocycles. The first-order valence-corrected chi connectivity index (χ1v) is 17.2. The highest BCUT2D eigenvalue weighted by Crippen LogP contribution is 2.44. The van der Waals surface area contributed by atoms with Crippen molar-refractivity contribution in [3.63, 3.8) is 0 Å². The van der Waals surface area contributed by atoms with E-state index in [4.69, 9.17) is 0 Å². The zero-order valence-corrected chi connectivity index (χ0v) is 25.6. The highest BCUT2D eigenvalue weighted by molar-refractivity contribution is 7.99. The number of rotatable bonds is 6. The predicted octanol–water partition coefficient (Wildman–Crippen LogP) is 9.73. The van der Waals surface area contributed by atoms with Gasteiger partial charge in [-0.3, -0.25) is 0 Å². The number of hydrogen-bond acceptors (Lipinski definition) is 2. The Morgan fingerprint density at radius 3 is 1.73 bits per heavy atom. The van der Waals surface area contributed by atoms with Gasteiger partial charge in [0.25, 0.3) is 0 Å². The molecule has 0 amide bonds. The summed E-state index contributed by atoms with van der Waals surface area (Å²) in [4.78, 5) is 2.40. The minimum Gasteiger partial charge on any atom is -0.309 e. The zero-order valence-electron chi connectivity index (χ0n) is 23.9. The van der Waals surface area contributed by atoms with Gasteiger partial charge in [-0.15, -0.1) is 0 Å². The molecular weight excluding hydrogens is 573 g/mol. The fourth-order valence-corrected chi connectivity index (χ4v) is 9.92. The minimum absolute atomic E-state index is 0.835. The molecule has 0 spiro atoms. The average Bonchev–Trinajstić information content (AvgIpc) is 3.42. The molecule has 0 saturated carbocycles. The first-order valence-electron chi connectivity index (χ1n) is 14.7. The number of hydrogen-bond donors (Lipinski definition) is 0. The summed E-state index contributed by atoms with van der Waals surface area (Å²) in [5, 5.41) is 7.23. The first-order chi connectivity index (χ1) is 21.7. The summed E-state index contributed by atoms with van der Waals surface area (Å²) in [6, 6.07) is 58.4. The summed E-state index contributed by atoms with van der Waals surface area (Å²) < 4.78 is 17.6. The van der Waals surface area contributed by atoms with Crippen LogP contribution in [0.4, 0.5) is 0 Å². The highest BCUT2D eigenvalue weighted by atomic mass is 32.2. The quantitative estimate of drug-likeness (QED) is 0.177. The van der Waals surface area contributed by atoms with Crippen molar-refractivity contribution in [2.45, 2.75) is 9.79 Å². The lowest BCUT2D eigenvalue weighted by atomic mass is 10.1. The second kappa shape index (κ2) is 11.0. The van der Waals surface area contributed by atoms with Crippen LogP contribution >= 0.6 is 18.9 Å². The van der Waals surface area contributed by atoms with E-state index in [-0.39, 0.29) is 0 Å². The Bertz CT molecular complexity index is 2280. The molecule has 0 saturated heterocycles. The highest BCUT2D eigenvalue weighted by Gasteiger charge is 2.30. The van der Waals surface area contributed by atoms with E-state index in [1.165, 1.54) is 20.6 Å². The fraction of sp³-hybridized carbons (Fsp3) is 0. The van der Waals surface area contributed by atoms with Gasteiger partial charge in [0.2, 0.25) is 0 Å². The van der Waals surface area contributed by atoms with Crippen molar-refractivity contribution in [3.8, 4) is 5.69 Å². The predicted molar refractivity (Wildman–Crippen MR) is 188 cm³/mol. The topological polar surface area (TPSA) is 22.0 Å². The lowest BCUT2D eigenvalue weighted by Crippen LogP contribution is -2.24. The van der Waals surface area contributed by atoms with E-state index in [1.807, 2.05) is 66.7 Å². The van der Waals surface area contributed by atoms with Crippen molar-refractivity contribution in [1.82, 2.24) is 4.57 Å². The maximum absolute atomic E-state index is 15.3. The molecule has 0 aliphatic heterocycles. The second-order valence-electron chi connectivity index (χ2n) is 10.9. The van der Waals surface area contributed by atoms with E-state index in [1.54, 1.807) is 11.8 Å². The van der Waals surface area contributed by atoms with Crippen LogP contribution < -0.4 is 15.9 Å². The molecule has 2 nitrogen and oxygen atoms in total. The summed E-state index contributed by atoms with van der Waals surface area (Å²) in [5.41, 5.74) is 3.32. The smallest absolute Gasteiger partial charge is 0.171 e. The van der Waals surface area contributed by atoms with Crippen LogP contribution in [0.15, 0.2) is 180 Å². The van der Waals surface area contributed by atoms with E-state index in [0.29, 0.717) is 0 Å². The number of benzene rings is 7. The van der Waals surface area contributed by atoms with Gasteiger partial charge in [0.05, 0.1) is 11.0 Å². The molecule has 44 heavy (non-hydrogen) atoms. The molecule has 8 aromatic rings. The summed E-state index contributed by atoms with van der Waals surface area (Å²) in [5.74, 6) is 0. The standard InChI is InChI=1S/C40H28NOPS/c42-43(31-17-6-2-7-18-31,32-19-8-3-9-20-32)33-23-25-38-36(27-33)37-28-34(24-26-39(37)41(38)30-15-4-1-5-16-30)44-40-22-12-14-29-13-10-11-21-35(29)40/h1-28H. The molecular formula is C40H28NOPS. The van der Waals surface area contributed by atoms with Gasteiger partial charge in [-0.1, -0.05) is 127 Å². The van der Waals surface area contributed by atoms with Gasteiger partial charge in [0, 0.05) is 42.2 Å². The number of fused-ring (bicyclic) bond motifs is 4. The van der Waals surface area contributed by atoms with Gasteiger partial charge < -0.3 is 9.13 Å². The second-order valence-corrected chi connectivity index (χ2v) is 14.8. The molecule has 0 aliphatic rings. The molecule has 0 fully saturated rings. The van der Waals surface area contributed by atoms with Crippen LogP contribution in [0.5, 0.6) is 0 Å². The summed E-state index contributed by atoms with van der Waals surface area (Å²) in [6.45, 7) is 0. The number of para-hydroxylation sites is 1. The summed E-state index contributed by atoms with van der Waals surface area (Å²) >= 11 is 1.78. The minimum atomic E-state index is -3.13. The van der Waals surface area contributed by atoms with Gasteiger partial charge in [-0.25, -0.2) is 0 Å². The molecule has 0 unspecified atom stereocenters. The molecule has 0 bridgehead atoms. The molecule has 4 heteroatoms. The lowest BCUT2D eigenvalue weighted by molar-refractivity contribution is 0.592. The van der Waals surface area contributed by atoms with Crippen LogP contribution in [0.25, 0.3) is 38.3 Å². The lowest BCUT2D eigenvalue weighted by Gasteiger charge is -2.20. The largest absolute Gasteiger partial charge is 0.309 e. The summed E-state index contributed by atoms with van der Waals surface area (Å²) in [7, 11) is -3.13. The Hall–Kier alpha value is -4.82. The molecule has 7 aromatic carbocycles. The maximum Gasteiger partial charge on any atom is 0.171 e. The average molecular weight is 602 g/mol. The van der Waals surface area contributed by atoms with Crippen LogP contribution in [-0.4, -0.2) is 4.57 Å². The van der Waals surface area contributed by atoms with Gasteiger partial charge in [0.1, 0.15) is 0 Å². The molecule has 0 atom stereocenters. The Morgan fingerprint density at radius 2 is 1.02 bits per heavy atom. The van der Waals surface area contributed by atoms with Gasteiger partial charge >= 0.3 is 0 Å². The zero-order chi connectivity index (χ0) is 29.5. The third kappa shape index (κ3) is 4.48. The van der Waals surface area contributed by atoms with Crippen LogP contribution in [0.1, 0.15) is 0 Å². The van der Waals surface area contributed by atoms with Crippen LogP contribution in [0, 0.1) is 0 Å². The van der Waals surface area contributed by atoms with Crippen LogP contribution in [-0.2, 0) is 4.57 Å². The van der Waals surface area contributed by atoms with E-state index in [9.17, 15) is 0 Å². The first kappa shape index (κ1) is 26.8. The maximum atomic E-state index is 15.3.